The Kier molecular flexibility index (Phi) is 9.01. The molecule has 1 aliphatic heterocycles. The molecule has 2 saturated carbocycles. The van der Waals surface area contributed by atoms with Gasteiger partial charge in [0.05, 0.1) is 17.7 Å². The molecule has 3 aliphatic rings. The fourth-order valence-electron chi connectivity index (χ4n) is 7.36. The van der Waals surface area contributed by atoms with E-state index in [2.05, 4.69) is 35.8 Å². The second kappa shape index (κ2) is 13.1. The number of aliphatic hydroxyl groups is 1. The van der Waals surface area contributed by atoms with E-state index in [1.54, 1.807) is 16.8 Å². The van der Waals surface area contributed by atoms with Crippen molar-refractivity contribution in [1.82, 2.24) is 15.2 Å². The number of nitrogens with zero attached hydrogens (tertiary/aromatic N) is 1. The molecular weight excluding hydrogens is 538 g/mol. The van der Waals surface area contributed by atoms with E-state index in [9.17, 15) is 14.7 Å². The Labute approximate surface area is 254 Å². The average molecular weight is 584 g/mol. The molecule has 228 valence electrons. The minimum absolute atomic E-state index is 0.0612. The van der Waals surface area contributed by atoms with Gasteiger partial charge >= 0.3 is 0 Å². The van der Waals surface area contributed by atoms with Crippen LogP contribution in [0.2, 0.25) is 0 Å². The lowest BCUT2D eigenvalue weighted by Crippen LogP contribution is -2.50. The van der Waals surface area contributed by atoms with Crippen LogP contribution < -0.4 is 20.9 Å². The van der Waals surface area contributed by atoms with Crippen LogP contribution in [0.5, 0.6) is 5.75 Å². The van der Waals surface area contributed by atoms with Crippen molar-refractivity contribution >= 4 is 5.91 Å². The van der Waals surface area contributed by atoms with E-state index in [-0.39, 0.29) is 29.2 Å². The summed E-state index contributed by atoms with van der Waals surface area (Å²) in [7, 11) is 0. The van der Waals surface area contributed by atoms with Crippen LogP contribution in [0.15, 0.2) is 71.7 Å². The highest BCUT2D eigenvalue weighted by molar-refractivity contribution is 5.94. The topological polar surface area (TPSA) is 92.6 Å². The van der Waals surface area contributed by atoms with Crippen molar-refractivity contribution in [3.63, 3.8) is 0 Å². The molecule has 2 aliphatic carbocycles. The summed E-state index contributed by atoms with van der Waals surface area (Å²) in [4.78, 5) is 26.1. The molecule has 2 fully saturated rings. The van der Waals surface area contributed by atoms with Gasteiger partial charge in [-0.3, -0.25) is 9.59 Å². The second-order valence-electron chi connectivity index (χ2n) is 12.8. The molecule has 6 rings (SSSR count). The number of pyridine rings is 1. The van der Waals surface area contributed by atoms with Crippen molar-refractivity contribution in [2.75, 3.05) is 6.54 Å². The van der Waals surface area contributed by atoms with Gasteiger partial charge in [-0.05, 0) is 74.6 Å². The third kappa shape index (κ3) is 6.73. The first kappa shape index (κ1) is 29.6. The second-order valence-corrected chi connectivity index (χ2v) is 12.8. The summed E-state index contributed by atoms with van der Waals surface area (Å²) in [6.45, 7) is 2.49. The zero-order chi connectivity index (χ0) is 29.8. The van der Waals surface area contributed by atoms with Crippen LogP contribution in [0.4, 0.5) is 0 Å². The molecule has 1 amide bonds. The number of rotatable bonds is 10. The molecule has 3 aromatic rings. The number of aryl methyl sites for hydroxylation is 1. The van der Waals surface area contributed by atoms with Crippen LogP contribution in [0, 0.1) is 0 Å². The fraction of sp³-hybridized carbons (Fsp3) is 0.500. The zero-order valence-electron chi connectivity index (χ0n) is 25.3. The van der Waals surface area contributed by atoms with Crippen LogP contribution in [0.25, 0.3) is 0 Å². The Balaban J connectivity index is 1.20. The zero-order valence-corrected chi connectivity index (χ0v) is 25.3. The fourth-order valence-corrected chi connectivity index (χ4v) is 7.36. The highest BCUT2D eigenvalue weighted by Crippen LogP contribution is 2.47. The van der Waals surface area contributed by atoms with Crippen molar-refractivity contribution < 1.29 is 14.6 Å². The van der Waals surface area contributed by atoms with Crippen molar-refractivity contribution in [1.29, 1.82) is 0 Å². The summed E-state index contributed by atoms with van der Waals surface area (Å²) in [5, 5.41) is 18.4. The molecule has 1 spiro atoms. The molecule has 2 heterocycles. The molecule has 0 unspecified atom stereocenters. The van der Waals surface area contributed by atoms with Crippen LogP contribution >= 0.6 is 0 Å². The summed E-state index contributed by atoms with van der Waals surface area (Å²) < 4.78 is 8.34. The Hall–Kier alpha value is -3.42. The number of hydrogen-bond acceptors (Lipinski definition) is 5. The van der Waals surface area contributed by atoms with Crippen LogP contribution in [-0.2, 0) is 12.8 Å². The molecule has 0 bridgehead atoms. The van der Waals surface area contributed by atoms with Crippen molar-refractivity contribution in [2.45, 2.75) is 107 Å². The van der Waals surface area contributed by atoms with E-state index in [4.69, 9.17) is 4.74 Å². The molecule has 43 heavy (non-hydrogen) atoms. The first-order chi connectivity index (χ1) is 20.9. The number of fused-ring (bicyclic) bond motifs is 1. The van der Waals surface area contributed by atoms with Crippen LogP contribution in [-0.4, -0.2) is 39.9 Å². The molecule has 3 atom stereocenters. The highest BCUT2D eigenvalue weighted by atomic mass is 16.5. The molecule has 0 radical (unpaired) electrons. The first-order valence-electron chi connectivity index (χ1n) is 16.2. The number of nitrogens with one attached hydrogen (secondary N) is 2. The predicted molar refractivity (Wildman–Crippen MR) is 169 cm³/mol. The number of aliphatic hydroxyl groups excluding tert-OH is 1. The van der Waals surface area contributed by atoms with Gasteiger partial charge in [0.2, 0.25) is 0 Å². The van der Waals surface area contributed by atoms with E-state index >= 15 is 0 Å². The lowest BCUT2D eigenvalue weighted by Gasteiger charge is -2.41. The number of carbonyl (C=O) groups is 1. The van der Waals surface area contributed by atoms with Gasteiger partial charge < -0.3 is 25.0 Å². The standard InChI is InChI=1S/C36H45N3O4/c1-2-25-14-16-33-29(20-25)31(22-36(43-33)18-8-9-19-36)37-23-32(40)30(21-26-10-4-3-5-11-26)38-35(42)27-15-17-34(41)39(24-27)28-12-6-7-13-28/h3-5,10-11,14-17,20,24,28,30-32,37,40H,2,6-9,12-13,18-19,21-23H2,1H3,(H,38,42)/t30-,31-,32+/m0/s1. The average Bonchev–Trinajstić information content (AvgIpc) is 3.73. The number of ether oxygens (including phenoxy) is 1. The first-order valence-corrected chi connectivity index (χ1v) is 16.2. The quantitative estimate of drug-likeness (QED) is 0.287. The van der Waals surface area contributed by atoms with Crippen LogP contribution in [0.3, 0.4) is 0 Å². The van der Waals surface area contributed by atoms with Crippen molar-refractivity contribution in [3.8, 4) is 5.75 Å². The Morgan fingerprint density at radius 2 is 1.79 bits per heavy atom. The Bertz CT molecular complexity index is 1460. The number of carbonyl (C=O) groups excluding carboxylic acids is 1. The SMILES string of the molecule is CCc1ccc2c(c1)[C@@H](NC[C@@H](O)[C@H](Cc1ccccc1)NC(=O)c1ccc(=O)n(C3CCCC3)c1)CC1(CCCC1)O2. The molecular formula is C36H45N3O4. The largest absolute Gasteiger partial charge is 0.487 e. The van der Waals surface area contributed by atoms with E-state index in [1.807, 2.05) is 30.3 Å². The Morgan fingerprint density at radius 1 is 1.02 bits per heavy atom. The normalized spacial score (nSPS) is 20.8. The highest BCUT2D eigenvalue weighted by Gasteiger charge is 2.43. The van der Waals surface area contributed by atoms with E-state index in [0.29, 0.717) is 18.5 Å². The van der Waals surface area contributed by atoms with Gasteiger partial charge in [-0.1, -0.05) is 62.2 Å². The number of hydrogen-bond donors (Lipinski definition) is 3. The molecule has 7 nitrogen and oxygen atoms in total. The summed E-state index contributed by atoms with van der Waals surface area (Å²) in [6.07, 6.45) is 11.8. The summed E-state index contributed by atoms with van der Waals surface area (Å²) in [5.74, 6) is 0.671. The van der Waals surface area contributed by atoms with Gasteiger partial charge in [-0.25, -0.2) is 0 Å². The third-order valence-electron chi connectivity index (χ3n) is 9.85. The lowest BCUT2D eigenvalue weighted by atomic mass is 9.85. The molecule has 3 N–H and O–H groups in total. The molecule has 0 saturated heterocycles. The monoisotopic (exact) mass is 583 g/mol. The molecule has 2 aromatic carbocycles. The Morgan fingerprint density at radius 3 is 2.53 bits per heavy atom. The maximum atomic E-state index is 13.6. The predicted octanol–water partition coefficient (Wildman–Crippen LogP) is 5.65. The maximum Gasteiger partial charge on any atom is 0.253 e. The minimum Gasteiger partial charge on any atom is -0.487 e. The van der Waals surface area contributed by atoms with Gasteiger partial charge in [0, 0.05) is 42.9 Å². The summed E-state index contributed by atoms with van der Waals surface area (Å²) in [5.41, 5.74) is 3.68. The molecule has 1 aromatic heterocycles. The van der Waals surface area contributed by atoms with Crippen molar-refractivity contribution in [3.05, 3.63) is 99.5 Å². The lowest BCUT2D eigenvalue weighted by molar-refractivity contribution is 0.0326. The van der Waals surface area contributed by atoms with E-state index < -0.39 is 12.1 Å². The maximum absolute atomic E-state index is 13.6. The van der Waals surface area contributed by atoms with Crippen molar-refractivity contribution in [2.24, 2.45) is 0 Å². The van der Waals surface area contributed by atoms with E-state index in [0.717, 1.165) is 68.2 Å². The van der Waals surface area contributed by atoms with E-state index in [1.165, 1.54) is 24.5 Å². The third-order valence-corrected chi connectivity index (χ3v) is 9.85. The summed E-state index contributed by atoms with van der Waals surface area (Å²) >= 11 is 0. The van der Waals surface area contributed by atoms with Gasteiger partial charge in [0.1, 0.15) is 11.4 Å². The van der Waals surface area contributed by atoms with Crippen LogP contribution in [0.1, 0.15) is 104 Å². The van der Waals surface area contributed by atoms with Gasteiger partial charge in [-0.15, -0.1) is 0 Å². The van der Waals surface area contributed by atoms with Gasteiger partial charge in [0.15, 0.2) is 0 Å². The minimum atomic E-state index is -0.829. The smallest absolute Gasteiger partial charge is 0.253 e. The number of amides is 1. The molecule has 7 heteroatoms. The number of aromatic nitrogens is 1. The van der Waals surface area contributed by atoms with Gasteiger partial charge in [0.25, 0.3) is 11.5 Å². The summed E-state index contributed by atoms with van der Waals surface area (Å²) in [6, 6.07) is 19.2. The number of benzene rings is 2. The van der Waals surface area contributed by atoms with Gasteiger partial charge in [-0.2, -0.15) is 0 Å².